The second kappa shape index (κ2) is 6.25. The molecule has 2 amide bonds. The van der Waals surface area contributed by atoms with Crippen molar-refractivity contribution in [2.45, 2.75) is 6.18 Å². The molecular formula is C14H10F3N3O2. The van der Waals surface area contributed by atoms with Crippen molar-refractivity contribution in [1.82, 2.24) is 4.98 Å². The molecule has 1 aromatic heterocycles. The summed E-state index contributed by atoms with van der Waals surface area (Å²) in [5, 5.41) is 4.26. The number of anilines is 2. The van der Waals surface area contributed by atoms with E-state index in [2.05, 4.69) is 10.3 Å². The molecule has 114 valence electrons. The Kier molecular flexibility index (Phi) is 4.40. The van der Waals surface area contributed by atoms with Crippen LogP contribution in [-0.2, 0) is 4.79 Å². The van der Waals surface area contributed by atoms with Crippen molar-refractivity contribution in [3.8, 4) is 0 Å². The molecule has 2 aromatic rings. The maximum absolute atomic E-state index is 12.1. The normalized spacial score (nSPS) is 10.9. The van der Waals surface area contributed by atoms with Crippen LogP contribution in [0.15, 0.2) is 48.8 Å². The molecule has 5 nitrogen and oxygen atoms in total. The van der Waals surface area contributed by atoms with E-state index in [0.29, 0.717) is 11.3 Å². The van der Waals surface area contributed by atoms with Crippen molar-refractivity contribution in [1.29, 1.82) is 0 Å². The van der Waals surface area contributed by atoms with E-state index in [4.69, 9.17) is 0 Å². The zero-order chi connectivity index (χ0) is 16.2. The number of halogens is 3. The molecule has 1 aromatic carbocycles. The number of alkyl halides is 3. The molecule has 0 unspecified atom stereocenters. The minimum atomic E-state index is -4.95. The Balaban J connectivity index is 2.01. The molecule has 0 saturated carbocycles. The van der Waals surface area contributed by atoms with Gasteiger partial charge in [0.25, 0.3) is 5.91 Å². The van der Waals surface area contributed by atoms with Crippen molar-refractivity contribution in [2.24, 2.45) is 0 Å². The minimum Gasteiger partial charge on any atom is -0.322 e. The number of rotatable bonds is 3. The van der Waals surface area contributed by atoms with Crippen molar-refractivity contribution >= 4 is 23.2 Å². The van der Waals surface area contributed by atoms with E-state index in [1.54, 1.807) is 17.4 Å². The zero-order valence-electron chi connectivity index (χ0n) is 11.0. The average Bonchev–Trinajstić information content (AvgIpc) is 2.49. The standard InChI is InChI=1S/C14H10F3N3O2/c15-14(16,17)13(22)20-11-5-3-10(4-6-11)19-12(21)9-2-1-7-18-8-9/h1-8H,(H,19,21)(H,20,22). The molecule has 0 aliphatic rings. The van der Waals surface area contributed by atoms with Gasteiger partial charge in [-0.05, 0) is 36.4 Å². The smallest absolute Gasteiger partial charge is 0.322 e. The summed E-state index contributed by atoms with van der Waals surface area (Å²) in [5.41, 5.74) is 0.692. The first-order valence-electron chi connectivity index (χ1n) is 6.06. The molecule has 0 radical (unpaired) electrons. The summed E-state index contributed by atoms with van der Waals surface area (Å²) in [6.45, 7) is 0. The predicted molar refractivity (Wildman–Crippen MR) is 73.3 cm³/mol. The summed E-state index contributed by atoms with van der Waals surface area (Å²) >= 11 is 0. The van der Waals surface area contributed by atoms with E-state index in [1.807, 2.05) is 0 Å². The van der Waals surface area contributed by atoms with Crippen LogP contribution in [-0.4, -0.2) is 23.0 Å². The summed E-state index contributed by atoms with van der Waals surface area (Å²) in [5.74, 6) is -2.46. The molecule has 0 aliphatic carbocycles. The van der Waals surface area contributed by atoms with Gasteiger partial charge in [0, 0.05) is 23.8 Å². The van der Waals surface area contributed by atoms with Gasteiger partial charge in [-0.3, -0.25) is 14.6 Å². The fourth-order valence-corrected chi connectivity index (χ4v) is 1.54. The number of amides is 2. The fraction of sp³-hybridized carbons (Fsp3) is 0.0714. The van der Waals surface area contributed by atoms with Crippen LogP contribution in [0.3, 0.4) is 0 Å². The number of carbonyl (C=O) groups is 2. The lowest BCUT2D eigenvalue weighted by molar-refractivity contribution is -0.167. The average molecular weight is 309 g/mol. The summed E-state index contributed by atoms with van der Waals surface area (Å²) < 4.78 is 36.3. The van der Waals surface area contributed by atoms with Gasteiger partial charge in [-0.2, -0.15) is 13.2 Å². The number of aromatic nitrogens is 1. The van der Waals surface area contributed by atoms with E-state index < -0.39 is 18.0 Å². The minimum absolute atomic E-state index is 0.0262. The molecule has 0 fully saturated rings. The van der Waals surface area contributed by atoms with Crippen LogP contribution < -0.4 is 10.6 Å². The van der Waals surface area contributed by atoms with Gasteiger partial charge in [-0.15, -0.1) is 0 Å². The largest absolute Gasteiger partial charge is 0.471 e. The molecule has 0 spiro atoms. The number of nitrogens with one attached hydrogen (secondary N) is 2. The molecule has 0 saturated heterocycles. The van der Waals surface area contributed by atoms with Crippen LogP contribution in [0.2, 0.25) is 0 Å². The Morgan fingerprint density at radius 3 is 2.05 bits per heavy atom. The van der Waals surface area contributed by atoms with Gasteiger partial charge in [-0.1, -0.05) is 0 Å². The number of hydrogen-bond acceptors (Lipinski definition) is 3. The van der Waals surface area contributed by atoms with Crippen LogP contribution >= 0.6 is 0 Å². The highest BCUT2D eigenvalue weighted by molar-refractivity contribution is 6.04. The maximum atomic E-state index is 12.1. The first-order chi connectivity index (χ1) is 10.4. The lowest BCUT2D eigenvalue weighted by atomic mass is 10.2. The number of carbonyl (C=O) groups excluding carboxylic acids is 2. The zero-order valence-corrected chi connectivity index (χ0v) is 11.0. The Labute approximate surface area is 123 Å². The van der Waals surface area contributed by atoms with Crippen LogP contribution in [0.5, 0.6) is 0 Å². The topological polar surface area (TPSA) is 71.1 Å². The van der Waals surface area contributed by atoms with Gasteiger partial charge in [0.05, 0.1) is 5.56 Å². The summed E-state index contributed by atoms with van der Waals surface area (Å²) in [6, 6.07) is 8.43. The van der Waals surface area contributed by atoms with Gasteiger partial charge in [0.2, 0.25) is 0 Å². The SMILES string of the molecule is O=C(Nc1ccc(NC(=O)C(F)(F)F)cc1)c1cccnc1. The lowest BCUT2D eigenvalue weighted by Gasteiger charge is -2.09. The Bertz CT molecular complexity index is 670. The third-order valence-electron chi connectivity index (χ3n) is 2.58. The van der Waals surface area contributed by atoms with Gasteiger partial charge in [-0.25, -0.2) is 0 Å². The van der Waals surface area contributed by atoms with Crippen molar-refractivity contribution < 1.29 is 22.8 Å². The Morgan fingerprint density at radius 2 is 1.55 bits per heavy atom. The van der Waals surface area contributed by atoms with E-state index in [-0.39, 0.29) is 5.69 Å². The van der Waals surface area contributed by atoms with E-state index in [1.165, 1.54) is 36.7 Å². The Morgan fingerprint density at radius 1 is 0.955 bits per heavy atom. The van der Waals surface area contributed by atoms with Crippen LogP contribution in [0.1, 0.15) is 10.4 Å². The third kappa shape index (κ3) is 4.05. The van der Waals surface area contributed by atoms with Gasteiger partial charge >= 0.3 is 12.1 Å². The second-order valence-electron chi connectivity index (χ2n) is 4.23. The first-order valence-corrected chi connectivity index (χ1v) is 6.06. The summed E-state index contributed by atoms with van der Waals surface area (Å²) in [7, 11) is 0. The van der Waals surface area contributed by atoms with Crippen molar-refractivity contribution in [3.63, 3.8) is 0 Å². The molecule has 8 heteroatoms. The molecule has 0 atom stereocenters. The van der Waals surface area contributed by atoms with Crippen LogP contribution in [0.4, 0.5) is 24.5 Å². The maximum Gasteiger partial charge on any atom is 0.471 e. The molecule has 2 N–H and O–H groups in total. The molecule has 1 heterocycles. The molecule has 22 heavy (non-hydrogen) atoms. The van der Waals surface area contributed by atoms with Gasteiger partial charge < -0.3 is 10.6 Å². The van der Waals surface area contributed by atoms with E-state index in [0.717, 1.165) is 0 Å². The number of hydrogen-bond donors (Lipinski definition) is 2. The lowest BCUT2D eigenvalue weighted by Crippen LogP contribution is -2.29. The highest BCUT2D eigenvalue weighted by atomic mass is 19.4. The van der Waals surface area contributed by atoms with E-state index in [9.17, 15) is 22.8 Å². The molecule has 2 rings (SSSR count). The molecular weight excluding hydrogens is 299 g/mol. The highest BCUT2D eigenvalue weighted by Crippen LogP contribution is 2.19. The Hall–Kier alpha value is -2.90. The summed E-state index contributed by atoms with van der Waals surface area (Å²) in [6.07, 6.45) is -2.05. The summed E-state index contributed by atoms with van der Waals surface area (Å²) in [4.78, 5) is 26.4. The first kappa shape index (κ1) is 15.5. The monoisotopic (exact) mass is 309 g/mol. The number of benzene rings is 1. The van der Waals surface area contributed by atoms with Crippen LogP contribution in [0, 0.1) is 0 Å². The van der Waals surface area contributed by atoms with Gasteiger partial charge in [0.15, 0.2) is 0 Å². The van der Waals surface area contributed by atoms with Crippen LogP contribution in [0.25, 0.3) is 0 Å². The van der Waals surface area contributed by atoms with E-state index >= 15 is 0 Å². The number of pyridine rings is 1. The van der Waals surface area contributed by atoms with Gasteiger partial charge in [0.1, 0.15) is 0 Å². The van der Waals surface area contributed by atoms with Crippen molar-refractivity contribution in [2.75, 3.05) is 10.6 Å². The predicted octanol–water partition coefficient (Wildman–Crippen LogP) is 2.83. The quantitative estimate of drug-likeness (QED) is 0.916. The molecule has 0 aliphatic heterocycles. The fourth-order valence-electron chi connectivity index (χ4n) is 1.54. The third-order valence-corrected chi connectivity index (χ3v) is 2.58. The highest BCUT2D eigenvalue weighted by Gasteiger charge is 2.38. The number of nitrogens with zero attached hydrogens (tertiary/aromatic N) is 1. The second-order valence-corrected chi connectivity index (χ2v) is 4.23. The molecule has 0 bridgehead atoms. The van der Waals surface area contributed by atoms with Crippen molar-refractivity contribution in [3.05, 3.63) is 54.4 Å².